The summed E-state index contributed by atoms with van der Waals surface area (Å²) in [6.07, 6.45) is 5.06. The Morgan fingerprint density at radius 3 is 2.73 bits per heavy atom. The van der Waals surface area contributed by atoms with Crippen molar-refractivity contribution in [3.63, 3.8) is 0 Å². The smallest absolute Gasteiger partial charge is 0.306 e. The van der Waals surface area contributed by atoms with Crippen LogP contribution >= 0.6 is 0 Å². The number of anilines is 1. The van der Waals surface area contributed by atoms with E-state index in [4.69, 9.17) is 10.1 Å². The molecule has 1 aliphatic heterocycles. The summed E-state index contributed by atoms with van der Waals surface area (Å²) >= 11 is 0. The molecule has 0 radical (unpaired) electrons. The van der Waals surface area contributed by atoms with Crippen LogP contribution in [0.3, 0.4) is 0 Å². The van der Waals surface area contributed by atoms with Crippen LogP contribution in [0.4, 0.5) is 5.82 Å². The Morgan fingerprint density at radius 2 is 1.95 bits per heavy atom. The van der Waals surface area contributed by atoms with Gasteiger partial charge in [-0.15, -0.1) is 0 Å². The van der Waals surface area contributed by atoms with E-state index in [0.717, 1.165) is 16.9 Å². The van der Waals surface area contributed by atoms with Gasteiger partial charge in [-0.25, -0.2) is 9.97 Å². The highest BCUT2D eigenvalue weighted by molar-refractivity contribution is 5.83. The Labute approximate surface area is 127 Å². The third-order valence-corrected chi connectivity index (χ3v) is 4.36. The Hall–Kier alpha value is -2.63. The fourth-order valence-electron chi connectivity index (χ4n) is 3.16. The lowest BCUT2D eigenvalue weighted by molar-refractivity contribution is -0.142. The standard InChI is InChI=1S/C16H16N4O2/c21-16(22)11-5-9-19(10-6-11)15-13-4-2-8-20(13)12-3-1-7-17-14(12)18-15/h1-4,7-8,11H,5-6,9-10H2,(H,21,22). The Balaban J connectivity index is 1.78. The zero-order chi connectivity index (χ0) is 15.1. The van der Waals surface area contributed by atoms with Crippen molar-refractivity contribution in [2.75, 3.05) is 18.0 Å². The van der Waals surface area contributed by atoms with E-state index in [-0.39, 0.29) is 5.92 Å². The molecule has 3 aromatic heterocycles. The number of hydrogen-bond acceptors (Lipinski definition) is 4. The van der Waals surface area contributed by atoms with Crippen molar-refractivity contribution < 1.29 is 9.90 Å². The Bertz CT molecular complexity index is 850. The zero-order valence-electron chi connectivity index (χ0n) is 12.0. The molecule has 4 heterocycles. The minimum atomic E-state index is -0.694. The first-order chi connectivity index (χ1) is 10.7. The average Bonchev–Trinajstić information content (AvgIpc) is 3.04. The topological polar surface area (TPSA) is 70.7 Å². The number of rotatable bonds is 2. The van der Waals surface area contributed by atoms with E-state index in [1.54, 1.807) is 6.20 Å². The largest absolute Gasteiger partial charge is 0.481 e. The van der Waals surface area contributed by atoms with Gasteiger partial charge in [-0.3, -0.25) is 4.79 Å². The van der Waals surface area contributed by atoms with E-state index < -0.39 is 5.97 Å². The van der Waals surface area contributed by atoms with Crippen molar-refractivity contribution in [1.29, 1.82) is 0 Å². The molecule has 3 aromatic rings. The monoisotopic (exact) mass is 296 g/mol. The molecule has 0 unspecified atom stereocenters. The van der Waals surface area contributed by atoms with Crippen LogP contribution in [0.15, 0.2) is 36.7 Å². The number of carbonyl (C=O) groups is 1. The lowest BCUT2D eigenvalue weighted by Crippen LogP contribution is -2.37. The molecule has 0 amide bonds. The van der Waals surface area contributed by atoms with Gasteiger partial charge in [0.25, 0.3) is 0 Å². The molecule has 1 aliphatic rings. The minimum Gasteiger partial charge on any atom is -0.481 e. The molecule has 0 atom stereocenters. The van der Waals surface area contributed by atoms with E-state index in [0.29, 0.717) is 31.6 Å². The van der Waals surface area contributed by atoms with E-state index >= 15 is 0 Å². The second kappa shape index (κ2) is 4.98. The molecule has 1 fully saturated rings. The first-order valence-electron chi connectivity index (χ1n) is 7.43. The van der Waals surface area contributed by atoms with E-state index in [2.05, 4.69) is 14.3 Å². The molecule has 6 nitrogen and oxygen atoms in total. The van der Waals surface area contributed by atoms with Crippen molar-refractivity contribution in [1.82, 2.24) is 14.4 Å². The minimum absolute atomic E-state index is 0.238. The number of carboxylic acid groups (broad SMARTS) is 1. The highest BCUT2D eigenvalue weighted by Crippen LogP contribution is 2.28. The van der Waals surface area contributed by atoms with Crippen LogP contribution < -0.4 is 4.90 Å². The van der Waals surface area contributed by atoms with Crippen molar-refractivity contribution in [2.45, 2.75) is 12.8 Å². The number of aromatic nitrogens is 3. The van der Waals surface area contributed by atoms with Crippen LogP contribution in [0, 0.1) is 5.92 Å². The maximum absolute atomic E-state index is 11.1. The van der Waals surface area contributed by atoms with Gasteiger partial charge in [-0.1, -0.05) is 0 Å². The highest BCUT2D eigenvalue weighted by atomic mass is 16.4. The lowest BCUT2D eigenvalue weighted by atomic mass is 9.97. The third-order valence-electron chi connectivity index (χ3n) is 4.36. The maximum atomic E-state index is 11.1. The van der Waals surface area contributed by atoms with Crippen LogP contribution in [-0.2, 0) is 4.79 Å². The lowest BCUT2D eigenvalue weighted by Gasteiger charge is -2.31. The number of hydrogen-bond donors (Lipinski definition) is 1. The van der Waals surface area contributed by atoms with E-state index in [9.17, 15) is 4.79 Å². The molecule has 0 spiro atoms. The second-order valence-electron chi connectivity index (χ2n) is 5.64. The van der Waals surface area contributed by atoms with Crippen LogP contribution in [0.2, 0.25) is 0 Å². The summed E-state index contributed by atoms with van der Waals surface area (Å²) in [6.45, 7) is 1.42. The van der Waals surface area contributed by atoms with Crippen LogP contribution in [0.5, 0.6) is 0 Å². The summed E-state index contributed by atoms with van der Waals surface area (Å²) in [6, 6.07) is 7.94. The molecule has 4 rings (SSSR count). The number of fused-ring (bicyclic) bond motifs is 3. The van der Waals surface area contributed by atoms with Crippen molar-refractivity contribution in [3.8, 4) is 0 Å². The number of aliphatic carboxylic acids is 1. The summed E-state index contributed by atoms with van der Waals surface area (Å²) in [4.78, 5) is 22.3. The van der Waals surface area contributed by atoms with Gasteiger partial charge in [0.2, 0.25) is 0 Å². The number of pyridine rings is 1. The van der Waals surface area contributed by atoms with Gasteiger partial charge in [-0.2, -0.15) is 0 Å². The Kier molecular flexibility index (Phi) is 2.96. The van der Waals surface area contributed by atoms with Crippen molar-refractivity contribution in [2.24, 2.45) is 5.92 Å². The summed E-state index contributed by atoms with van der Waals surface area (Å²) in [5.74, 6) is -0.0432. The molecular formula is C16H16N4O2. The molecule has 112 valence electrons. The van der Waals surface area contributed by atoms with Crippen LogP contribution in [0.1, 0.15) is 12.8 Å². The van der Waals surface area contributed by atoms with Gasteiger partial charge in [0, 0.05) is 25.5 Å². The molecule has 0 bridgehead atoms. The Morgan fingerprint density at radius 1 is 1.18 bits per heavy atom. The molecule has 0 aliphatic carbocycles. The average molecular weight is 296 g/mol. The zero-order valence-corrected chi connectivity index (χ0v) is 12.0. The second-order valence-corrected chi connectivity index (χ2v) is 5.64. The predicted molar refractivity (Wildman–Crippen MR) is 83.1 cm³/mol. The highest BCUT2D eigenvalue weighted by Gasteiger charge is 2.26. The number of carboxylic acids is 1. The quantitative estimate of drug-likeness (QED) is 0.785. The number of nitrogens with zero attached hydrogens (tertiary/aromatic N) is 4. The third kappa shape index (κ3) is 1.99. The van der Waals surface area contributed by atoms with Crippen LogP contribution in [-0.4, -0.2) is 38.5 Å². The fourth-order valence-corrected chi connectivity index (χ4v) is 3.16. The molecule has 6 heteroatoms. The number of piperidine rings is 1. The predicted octanol–water partition coefficient (Wildman–Crippen LogP) is 2.18. The van der Waals surface area contributed by atoms with Gasteiger partial charge >= 0.3 is 5.97 Å². The summed E-state index contributed by atoms with van der Waals surface area (Å²) in [5.41, 5.74) is 2.72. The first kappa shape index (κ1) is 13.1. The maximum Gasteiger partial charge on any atom is 0.306 e. The van der Waals surface area contributed by atoms with Gasteiger partial charge in [0.15, 0.2) is 11.5 Å². The summed E-state index contributed by atoms with van der Waals surface area (Å²) in [5, 5.41) is 9.13. The molecule has 1 saturated heterocycles. The van der Waals surface area contributed by atoms with E-state index in [1.807, 2.05) is 30.5 Å². The molecular weight excluding hydrogens is 280 g/mol. The molecule has 0 aromatic carbocycles. The van der Waals surface area contributed by atoms with Gasteiger partial charge < -0.3 is 14.4 Å². The van der Waals surface area contributed by atoms with Gasteiger partial charge in [0.1, 0.15) is 0 Å². The summed E-state index contributed by atoms with van der Waals surface area (Å²) < 4.78 is 2.09. The van der Waals surface area contributed by atoms with Crippen molar-refractivity contribution >= 4 is 28.5 Å². The SMILES string of the molecule is O=C(O)C1CCN(c2nc3ncccc3n3cccc23)CC1. The van der Waals surface area contributed by atoms with Gasteiger partial charge in [0.05, 0.1) is 17.0 Å². The van der Waals surface area contributed by atoms with E-state index in [1.165, 1.54) is 0 Å². The molecule has 22 heavy (non-hydrogen) atoms. The fraction of sp³-hybridized carbons (Fsp3) is 0.312. The van der Waals surface area contributed by atoms with Gasteiger partial charge in [-0.05, 0) is 37.1 Å². The molecule has 0 saturated carbocycles. The van der Waals surface area contributed by atoms with Crippen LogP contribution in [0.25, 0.3) is 16.7 Å². The first-order valence-corrected chi connectivity index (χ1v) is 7.43. The molecule has 1 N–H and O–H groups in total. The van der Waals surface area contributed by atoms with Crippen molar-refractivity contribution in [3.05, 3.63) is 36.7 Å². The normalized spacial score (nSPS) is 16.5. The summed E-state index contributed by atoms with van der Waals surface area (Å²) in [7, 11) is 0.